The third kappa shape index (κ3) is 3.17. The molecule has 0 radical (unpaired) electrons. The average molecular weight is 240 g/mol. The van der Waals surface area contributed by atoms with Crippen molar-refractivity contribution in [1.82, 2.24) is 10.3 Å². The standard InChI is InChI=1S/C16H20N2/c1-12-7-9-15(10-8-12)13(2)18-14(3)16-6-4-5-11-17-16/h4-11,13-14,18H,1-3H3/t13-,14?/m0/s1. The molecule has 2 heteroatoms. The van der Waals surface area contributed by atoms with Crippen molar-refractivity contribution in [2.75, 3.05) is 0 Å². The van der Waals surface area contributed by atoms with Crippen LogP contribution in [0.2, 0.25) is 0 Å². The van der Waals surface area contributed by atoms with Crippen molar-refractivity contribution >= 4 is 0 Å². The van der Waals surface area contributed by atoms with Crippen LogP contribution in [0.3, 0.4) is 0 Å². The van der Waals surface area contributed by atoms with Crippen LogP contribution >= 0.6 is 0 Å². The van der Waals surface area contributed by atoms with Crippen molar-refractivity contribution < 1.29 is 0 Å². The predicted octanol–water partition coefficient (Wildman–Crippen LogP) is 3.80. The Balaban J connectivity index is 2.03. The van der Waals surface area contributed by atoms with Gasteiger partial charge in [0.15, 0.2) is 0 Å². The van der Waals surface area contributed by atoms with E-state index in [2.05, 4.69) is 61.4 Å². The molecule has 0 saturated carbocycles. The highest BCUT2D eigenvalue weighted by atomic mass is 15.0. The number of aromatic nitrogens is 1. The number of nitrogens with zero attached hydrogens (tertiary/aromatic N) is 1. The summed E-state index contributed by atoms with van der Waals surface area (Å²) in [5, 5.41) is 3.57. The van der Waals surface area contributed by atoms with E-state index in [9.17, 15) is 0 Å². The number of pyridine rings is 1. The van der Waals surface area contributed by atoms with Gasteiger partial charge < -0.3 is 5.32 Å². The first-order valence-electron chi connectivity index (χ1n) is 6.40. The molecule has 0 bridgehead atoms. The highest BCUT2D eigenvalue weighted by Gasteiger charge is 2.11. The van der Waals surface area contributed by atoms with Gasteiger partial charge >= 0.3 is 0 Å². The number of hydrogen-bond donors (Lipinski definition) is 1. The molecule has 0 amide bonds. The van der Waals surface area contributed by atoms with Gasteiger partial charge in [-0.2, -0.15) is 0 Å². The quantitative estimate of drug-likeness (QED) is 0.879. The maximum Gasteiger partial charge on any atom is 0.0570 e. The second kappa shape index (κ2) is 5.78. The fraction of sp³-hybridized carbons (Fsp3) is 0.312. The molecule has 0 fully saturated rings. The predicted molar refractivity (Wildman–Crippen MR) is 75.4 cm³/mol. The Kier molecular flexibility index (Phi) is 4.11. The number of benzene rings is 1. The highest BCUT2D eigenvalue weighted by molar-refractivity contribution is 5.24. The van der Waals surface area contributed by atoms with Crippen LogP contribution in [0.25, 0.3) is 0 Å². The molecule has 1 aromatic carbocycles. The minimum Gasteiger partial charge on any atom is -0.302 e. The molecule has 0 spiro atoms. The molecule has 94 valence electrons. The van der Waals surface area contributed by atoms with Gasteiger partial charge in [-0.1, -0.05) is 35.9 Å². The Hall–Kier alpha value is -1.67. The molecule has 18 heavy (non-hydrogen) atoms. The molecule has 0 aliphatic rings. The number of aryl methyl sites for hydroxylation is 1. The van der Waals surface area contributed by atoms with Gasteiger partial charge in [-0.05, 0) is 38.5 Å². The van der Waals surface area contributed by atoms with Crippen LogP contribution in [0.5, 0.6) is 0 Å². The van der Waals surface area contributed by atoms with Gasteiger partial charge in [0.25, 0.3) is 0 Å². The second-order valence-corrected chi connectivity index (χ2v) is 4.78. The van der Waals surface area contributed by atoms with E-state index >= 15 is 0 Å². The van der Waals surface area contributed by atoms with E-state index in [1.807, 2.05) is 18.3 Å². The molecular formula is C16H20N2. The topological polar surface area (TPSA) is 24.9 Å². The lowest BCUT2D eigenvalue weighted by atomic mass is 10.1. The van der Waals surface area contributed by atoms with Crippen molar-refractivity contribution in [3.63, 3.8) is 0 Å². The molecule has 0 saturated heterocycles. The summed E-state index contributed by atoms with van der Waals surface area (Å²) in [4.78, 5) is 4.38. The molecule has 0 aliphatic heterocycles. The molecule has 1 aromatic heterocycles. The second-order valence-electron chi connectivity index (χ2n) is 4.78. The Labute approximate surface area is 109 Å². The first kappa shape index (κ1) is 12.8. The van der Waals surface area contributed by atoms with E-state index in [0.717, 1.165) is 5.69 Å². The molecule has 2 nitrogen and oxygen atoms in total. The monoisotopic (exact) mass is 240 g/mol. The fourth-order valence-corrected chi connectivity index (χ4v) is 2.04. The van der Waals surface area contributed by atoms with Crippen LogP contribution < -0.4 is 5.32 Å². The molecule has 2 aromatic rings. The summed E-state index contributed by atoms with van der Waals surface area (Å²) in [5.74, 6) is 0. The van der Waals surface area contributed by atoms with Crippen LogP contribution in [0.4, 0.5) is 0 Å². The third-order valence-electron chi connectivity index (χ3n) is 3.21. The van der Waals surface area contributed by atoms with Crippen LogP contribution in [0.15, 0.2) is 48.7 Å². The summed E-state index contributed by atoms with van der Waals surface area (Å²) in [6, 6.07) is 15.3. The lowest BCUT2D eigenvalue weighted by molar-refractivity contribution is 0.486. The van der Waals surface area contributed by atoms with E-state index < -0.39 is 0 Å². The fourth-order valence-electron chi connectivity index (χ4n) is 2.04. The third-order valence-corrected chi connectivity index (χ3v) is 3.21. The van der Waals surface area contributed by atoms with Gasteiger partial charge in [0.1, 0.15) is 0 Å². The lowest BCUT2D eigenvalue weighted by Gasteiger charge is -2.20. The summed E-state index contributed by atoms with van der Waals surface area (Å²) in [6.45, 7) is 6.44. The van der Waals surface area contributed by atoms with Gasteiger partial charge in [-0.15, -0.1) is 0 Å². The normalized spacial score (nSPS) is 14.2. The van der Waals surface area contributed by atoms with Crippen molar-refractivity contribution in [3.8, 4) is 0 Å². The molecule has 2 atom stereocenters. The molecule has 1 N–H and O–H groups in total. The molecule has 1 heterocycles. The van der Waals surface area contributed by atoms with Gasteiger partial charge in [0, 0.05) is 18.3 Å². The number of hydrogen-bond acceptors (Lipinski definition) is 2. The maximum atomic E-state index is 4.38. The van der Waals surface area contributed by atoms with Crippen LogP contribution in [-0.4, -0.2) is 4.98 Å². The summed E-state index contributed by atoms with van der Waals surface area (Å²) in [5.41, 5.74) is 3.68. The van der Waals surface area contributed by atoms with Crippen molar-refractivity contribution in [1.29, 1.82) is 0 Å². The Bertz CT molecular complexity index is 476. The van der Waals surface area contributed by atoms with Crippen molar-refractivity contribution in [2.24, 2.45) is 0 Å². The minimum atomic E-state index is 0.252. The maximum absolute atomic E-state index is 4.38. The van der Waals surface area contributed by atoms with Gasteiger partial charge in [0.05, 0.1) is 5.69 Å². The summed E-state index contributed by atoms with van der Waals surface area (Å²) in [6.07, 6.45) is 1.84. The first-order chi connectivity index (χ1) is 8.66. The summed E-state index contributed by atoms with van der Waals surface area (Å²) < 4.78 is 0. The van der Waals surface area contributed by atoms with Crippen molar-refractivity contribution in [2.45, 2.75) is 32.9 Å². The minimum absolute atomic E-state index is 0.252. The lowest BCUT2D eigenvalue weighted by Crippen LogP contribution is -2.23. The van der Waals surface area contributed by atoms with E-state index in [0.29, 0.717) is 6.04 Å². The average Bonchev–Trinajstić information content (AvgIpc) is 2.40. The molecule has 2 rings (SSSR count). The zero-order valence-electron chi connectivity index (χ0n) is 11.2. The van der Waals surface area contributed by atoms with E-state index in [-0.39, 0.29) is 6.04 Å². The number of rotatable bonds is 4. The molecule has 1 unspecified atom stereocenters. The van der Waals surface area contributed by atoms with Crippen LogP contribution in [-0.2, 0) is 0 Å². The Morgan fingerprint density at radius 2 is 1.67 bits per heavy atom. The van der Waals surface area contributed by atoms with Crippen molar-refractivity contribution in [3.05, 3.63) is 65.5 Å². The van der Waals surface area contributed by atoms with Gasteiger partial charge in [-0.25, -0.2) is 0 Å². The zero-order valence-corrected chi connectivity index (χ0v) is 11.2. The van der Waals surface area contributed by atoms with E-state index in [4.69, 9.17) is 0 Å². The van der Waals surface area contributed by atoms with Gasteiger partial charge in [-0.3, -0.25) is 4.98 Å². The largest absolute Gasteiger partial charge is 0.302 e. The number of nitrogens with one attached hydrogen (secondary N) is 1. The molecule has 0 aliphatic carbocycles. The highest BCUT2D eigenvalue weighted by Crippen LogP contribution is 2.18. The Morgan fingerprint density at radius 1 is 0.944 bits per heavy atom. The Morgan fingerprint density at radius 3 is 2.28 bits per heavy atom. The molecular weight excluding hydrogens is 220 g/mol. The van der Waals surface area contributed by atoms with Crippen LogP contribution in [0.1, 0.15) is 42.8 Å². The van der Waals surface area contributed by atoms with E-state index in [1.54, 1.807) is 0 Å². The van der Waals surface area contributed by atoms with Crippen LogP contribution in [0, 0.1) is 6.92 Å². The van der Waals surface area contributed by atoms with E-state index in [1.165, 1.54) is 11.1 Å². The first-order valence-corrected chi connectivity index (χ1v) is 6.40. The summed E-state index contributed by atoms with van der Waals surface area (Å²) >= 11 is 0. The summed E-state index contributed by atoms with van der Waals surface area (Å²) in [7, 11) is 0. The SMILES string of the molecule is Cc1ccc([C@H](C)NC(C)c2ccccn2)cc1. The van der Waals surface area contributed by atoms with Gasteiger partial charge in [0.2, 0.25) is 0 Å². The zero-order chi connectivity index (χ0) is 13.0. The smallest absolute Gasteiger partial charge is 0.0570 e.